The summed E-state index contributed by atoms with van der Waals surface area (Å²) < 4.78 is 0. The Kier molecular flexibility index (Phi) is 4.38. The molecule has 0 aromatic carbocycles. The Hall–Kier alpha value is -0.0800. The summed E-state index contributed by atoms with van der Waals surface area (Å²) in [6, 6.07) is 0. The third-order valence-corrected chi connectivity index (χ3v) is 5.55. The van der Waals surface area contributed by atoms with Gasteiger partial charge in [0.05, 0.1) is 0 Å². The molecule has 0 spiro atoms. The molecule has 0 radical (unpaired) electrons. The molecule has 0 atom stereocenters. The summed E-state index contributed by atoms with van der Waals surface area (Å²) in [4.78, 5) is 2.74. The second-order valence-electron chi connectivity index (χ2n) is 7.62. The Morgan fingerprint density at radius 1 is 1.06 bits per heavy atom. The molecule has 2 nitrogen and oxygen atoms in total. The molecule has 18 heavy (non-hydrogen) atoms. The maximum absolute atomic E-state index is 6.15. The molecule has 1 aliphatic heterocycles. The van der Waals surface area contributed by atoms with Crippen LogP contribution in [0.3, 0.4) is 0 Å². The van der Waals surface area contributed by atoms with Crippen molar-refractivity contribution in [1.29, 1.82) is 0 Å². The molecular formula is C16H32N2. The lowest BCUT2D eigenvalue weighted by atomic mass is 9.73. The number of nitrogens with zero attached hydrogens (tertiary/aromatic N) is 1. The van der Waals surface area contributed by atoms with E-state index in [9.17, 15) is 0 Å². The average Bonchev–Trinajstić information content (AvgIpc) is 2.39. The predicted octanol–water partition coefficient (Wildman–Crippen LogP) is 3.41. The first-order valence-corrected chi connectivity index (χ1v) is 7.93. The van der Waals surface area contributed by atoms with Crippen LogP contribution in [0.1, 0.15) is 65.7 Å². The Bertz CT molecular complexity index is 253. The Morgan fingerprint density at radius 2 is 1.61 bits per heavy atom. The molecule has 1 aliphatic carbocycles. The van der Waals surface area contributed by atoms with Gasteiger partial charge in [0.15, 0.2) is 0 Å². The number of hydrogen-bond acceptors (Lipinski definition) is 2. The Balaban J connectivity index is 1.95. The van der Waals surface area contributed by atoms with Crippen LogP contribution in [-0.2, 0) is 0 Å². The lowest BCUT2D eigenvalue weighted by Gasteiger charge is -2.50. The molecule has 2 fully saturated rings. The topological polar surface area (TPSA) is 29.3 Å². The Morgan fingerprint density at radius 3 is 2.06 bits per heavy atom. The molecule has 1 saturated heterocycles. The smallest absolute Gasteiger partial charge is 0.0331 e. The minimum absolute atomic E-state index is 0.362. The van der Waals surface area contributed by atoms with Gasteiger partial charge in [-0.1, -0.05) is 40.0 Å². The summed E-state index contributed by atoms with van der Waals surface area (Å²) in [5.41, 5.74) is 6.99. The first-order valence-electron chi connectivity index (χ1n) is 7.93. The number of rotatable bonds is 2. The van der Waals surface area contributed by atoms with Crippen molar-refractivity contribution in [2.75, 3.05) is 19.6 Å². The number of piperidine rings is 1. The van der Waals surface area contributed by atoms with Crippen molar-refractivity contribution < 1.29 is 0 Å². The summed E-state index contributed by atoms with van der Waals surface area (Å²) in [5, 5.41) is 0. The SMILES string of the molecule is CC(C)(C)C1CCN(C2(CN)CCCCC2)CC1. The maximum Gasteiger partial charge on any atom is 0.0331 e. The maximum atomic E-state index is 6.15. The van der Waals surface area contributed by atoms with Crippen molar-refractivity contribution in [3.05, 3.63) is 0 Å². The summed E-state index contributed by atoms with van der Waals surface area (Å²) in [7, 11) is 0. The Labute approximate surface area is 113 Å². The molecule has 106 valence electrons. The van der Waals surface area contributed by atoms with Crippen LogP contribution in [0.15, 0.2) is 0 Å². The second-order valence-corrected chi connectivity index (χ2v) is 7.62. The van der Waals surface area contributed by atoms with Gasteiger partial charge in [-0.05, 0) is 50.1 Å². The predicted molar refractivity (Wildman–Crippen MR) is 78.6 cm³/mol. The van der Waals surface area contributed by atoms with Gasteiger partial charge in [-0.15, -0.1) is 0 Å². The molecule has 1 heterocycles. The van der Waals surface area contributed by atoms with Gasteiger partial charge < -0.3 is 5.73 Å². The van der Waals surface area contributed by atoms with E-state index in [0.717, 1.165) is 12.5 Å². The normalized spacial score (nSPS) is 27.3. The number of nitrogens with two attached hydrogens (primary N) is 1. The molecule has 2 N–H and O–H groups in total. The van der Waals surface area contributed by atoms with Crippen LogP contribution in [-0.4, -0.2) is 30.1 Å². The zero-order valence-electron chi connectivity index (χ0n) is 12.7. The largest absolute Gasteiger partial charge is 0.329 e. The van der Waals surface area contributed by atoms with E-state index in [4.69, 9.17) is 5.73 Å². The number of likely N-dealkylation sites (tertiary alicyclic amines) is 1. The molecule has 2 aliphatic rings. The molecule has 0 unspecified atom stereocenters. The highest BCUT2D eigenvalue weighted by Gasteiger charge is 2.39. The van der Waals surface area contributed by atoms with Crippen LogP contribution < -0.4 is 5.73 Å². The van der Waals surface area contributed by atoms with Gasteiger partial charge in [-0.25, -0.2) is 0 Å². The highest BCUT2D eigenvalue weighted by Crippen LogP contribution is 2.39. The summed E-state index contributed by atoms with van der Waals surface area (Å²) in [5.74, 6) is 0.896. The third kappa shape index (κ3) is 2.91. The van der Waals surface area contributed by atoms with Crippen molar-refractivity contribution in [3.8, 4) is 0 Å². The number of hydrogen-bond donors (Lipinski definition) is 1. The van der Waals surface area contributed by atoms with Crippen LogP contribution >= 0.6 is 0 Å². The first kappa shape index (κ1) is 14.3. The van der Waals surface area contributed by atoms with Gasteiger partial charge in [0.1, 0.15) is 0 Å². The highest BCUT2D eigenvalue weighted by atomic mass is 15.2. The zero-order valence-corrected chi connectivity index (χ0v) is 12.7. The van der Waals surface area contributed by atoms with Crippen LogP contribution in [0.4, 0.5) is 0 Å². The van der Waals surface area contributed by atoms with Gasteiger partial charge in [0, 0.05) is 12.1 Å². The van der Waals surface area contributed by atoms with E-state index in [1.165, 1.54) is 58.0 Å². The van der Waals surface area contributed by atoms with E-state index in [-0.39, 0.29) is 0 Å². The fourth-order valence-electron chi connectivity index (χ4n) is 4.08. The fourth-order valence-corrected chi connectivity index (χ4v) is 4.08. The average molecular weight is 252 g/mol. The van der Waals surface area contributed by atoms with Crippen LogP contribution in [0.25, 0.3) is 0 Å². The highest BCUT2D eigenvalue weighted by molar-refractivity contribution is 4.96. The monoisotopic (exact) mass is 252 g/mol. The standard InChI is InChI=1S/C16H32N2/c1-15(2,3)14-7-11-18(12-8-14)16(13-17)9-5-4-6-10-16/h14H,4-13,17H2,1-3H3. The van der Waals surface area contributed by atoms with Crippen molar-refractivity contribution in [1.82, 2.24) is 4.90 Å². The molecule has 0 amide bonds. The van der Waals surface area contributed by atoms with Gasteiger partial charge in [-0.3, -0.25) is 4.90 Å². The summed E-state index contributed by atoms with van der Waals surface area (Å²) in [6.45, 7) is 10.6. The first-order chi connectivity index (χ1) is 8.48. The fraction of sp³-hybridized carbons (Fsp3) is 1.00. The minimum atomic E-state index is 0.362. The lowest BCUT2D eigenvalue weighted by molar-refractivity contribution is 0.00814. The molecule has 2 rings (SSSR count). The van der Waals surface area contributed by atoms with E-state index in [2.05, 4.69) is 25.7 Å². The van der Waals surface area contributed by atoms with Crippen molar-refractivity contribution in [2.24, 2.45) is 17.1 Å². The molecule has 0 bridgehead atoms. The zero-order chi connectivity index (χ0) is 13.2. The van der Waals surface area contributed by atoms with Crippen LogP contribution in [0.2, 0.25) is 0 Å². The van der Waals surface area contributed by atoms with E-state index in [1.807, 2.05) is 0 Å². The van der Waals surface area contributed by atoms with Crippen LogP contribution in [0.5, 0.6) is 0 Å². The van der Waals surface area contributed by atoms with Crippen LogP contribution in [0, 0.1) is 11.3 Å². The molecular weight excluding hydrogens is 220 g/mol. The third-order valence-electron chi connectivity index (χ3n) is 5.55. The van der Waals surface area contributed by atoms with Crippen molar-refractivity contribution in [3.63, 3.8) is 0 Å². The van der Waals surface area contributed by atoms with E-state index in [0.29, 0.717) is 11.0 Å². The second kappa shape index (κ2) is 5.50. The quantitative estimate of drug-likeness (QED) is 0.816. The molecule has 2 heteroatoms. The van der Waals surface area contributed by atoms with Crippen molar-refractivity contribution in [2.45, 2.75) is 71.3 Å². The molecule has 0 aromatic rings. The lowest BCUT2D eigenvalue weighted by Crippen LogP contribution is -2.57. The van der Waals surface area contributed by atoms with Gasteiger partial charge >= 0.3 is 0 Å². The van der Waals surface area contributed by atoms with E-state index < -0.39 is 0 Å². The minimum Gasteiger partial charge on any atom is -0.329 e. The van der Waals surface area contributed by atoms with Gasteiger partial charge in [-0.2, -0.15) is 0 Å². The molecule has 1 saturated carbocycles. The summed E-state index contributed by atoms with van der Waals surface area (Å²) >= 11 is 0. The molecule has 0 aromatic heterocycles. The summed E-state index contributed by atoms with van der Waals surface area (Å²) in [6.07, 6.45) is 9.59. The van der Waals surface area contributed by atoms with E-state index in [1.54, 1.807) is 0 Å². The van der Waals surface area contributed by atoms with Crippen molar-refractivity contribution >= 4 is 0 Å². The van der Waals surface area contributed by atoms with Gasteiger partial charge in [0.2, 0.25) is 0 Å². The van der Waals surface area contributed by atoms with Gasteiger partial charge in [0.25, 0.3) is 0 Å². The van der Waals surface area contributed by atoms with E-state index >= 15 is 0 Å².